The standard InChI is InChI=1S/C14H15FN2O3S/c1-9-5-10(16)7-12(6-9)21(18,19)17-11-3-4-14(20-2)13(15)8-11/h3-8,17H,16H2,1-2H3. The molecule has 112 valence electrons. The molecule has 0 aliphatic carbocycles. The molecule has 0 unspecified atom stereocenters. The van der Waals surface area contributed by atoms with E-state index >= 15 is 0 Å². The first-order valence-electron chi connectivity index (χ1n) is 6.05. The molecule has 0 aromatic heterocycles. The molecule has 0 bridgehead atoms. The third-order valence-corrected chi connectivity index (χ3v) is 4.15. The Morgan fingerprint density at radius 2 is 1.90 bits per heavy atom. The second-order valence-corrected chi connectivity index (χ2v) is 6.22. The zero-order valence-corrected chi connectivity index (χ0v) is 12.4. The van der Waals surface area contributed by atoms with E-state index in [4.69, 9.17) is 10.5 Å². The number of halogens is 1. The lowest BCUT2D eigenvalue weighted by Gasteiger charge is -2.10. The Morgan fingerprint density at radius 1 is 1.19 bits per heavy atom. The largest absolute Gasteiger partial charge is 0.494 e. The average Bonchev–Trinajstić information content (AvgIpc) is 2.37. The Morgan fingerprint density at radius 3 is 2.48 bits per heavy atom. The van der Waals surface area contributed by atoms with E-state index in [-0.39, 0.29) is 16.3 Å². The molecule has 21 heavy (non-hydrogen) atoms. The molecule has 0 aliphatic heterocycles. The molecule has 0 amide bonds. The highest BCUT2D eigenvalue weighted by molar-refractivity contribution is 7.92. The molecule has 0 aliphatic rings. The minimum Gasteiger partial charge on any atom is -0.494 e. The van der Waals surface area contributed by atoms with Crippen LogP contribution >= 0.6 is 0 Å². The molecule has 0 atom stereocenters. The van der Waals surface area contributed by atoms with E-state index in [0.717, 1.165) is 11.6 Å². The van der Waals surface area contributed by atoms with Gasteiger partial charge in [0, 0.05) is 11.8 Å². The van der Waals surface area contributed by atoms with Crippen molar-refractivity contribution in [2.75, 3.05) is 17.6 Å². The van der Waals surface area contributed by atoms with E-state index in [2.05, 4.69) is 4.72 Å². The number of methoxy groups -OCH3 is 1. The number of nitrogen functional groups attached to an aromatic ring is 1. The summed E-state index contributed by atoms with van der Waals surface area (Å²) >= 11 is 0. The monoisotopic (exact) mass is 310 g/mol. The molecule has 2 aromatic carbocycles. The molecule has 0 spiro atoms. The highest BCUT2D eigenvalue weighted by Crippen LogP contribution is 2.24. The number of hydrogen-bond donors (Lipinski definition) is 2. The lowest BCUT2D eigenvalue weighted by Crippen LogP contribution is -2.13. The van der Waals surface area contributed by atoms with E-state index < -0.39 is 15.8 Å². The first-order chi connectivity index (χ1) is 9.81. The van der Waals surface area contributed by atoms with Gasteiger partial charge in [-0.1, -0.05) is 0 Å². The maximum Gasteiger partial charge on any atom is 0.261 e. The number of nitrogens with one attached hydrogen (secondary N) is 1. The van der Waals surface area contributed by atoms with Crippen molar-refractivity contribution >= 4 is 21.4 Å². The summed E-state index contributed by atoms with van der Waals surface area (Å²) in [7, 11) is -2.50. The summed E-state index contributed by atoms with van der Waals surface area (Å²) in [5, 5.41) is 0. The summed E-state index contributed by atoms with van der Waals surface area (Å²) in [5.41, 5.74) is 6.81. The van der Waals surface area contributed by atoms with Crippen LogP contribution in [0.25, 0.3) is 0 Å². The normalized spacial score (nSPS) is 11.2. The van der Waals surface area contributed by atoms with E-state index in [1.807, 2.05) is 0 Å². The first kappa shape index (κ1) is 15.1. The van der Waals surface area contributed by atoms with Crippen molar-refractivity contribution in [3.05, 3.63) is 47.8 Å². The molecule has 0 saturated carbocycles. The van der Waals surface area contributed by atoms with Gasteiger partial charge in [-0.25, -0.2) is 12.8 Å². The summed E-state index contributed by atoms with van der Waals surface area (Å²) in [6.07, 6.45) is 0. The summed E-state index contributed by atoms with van der Waals surface area (Å²) in [4.78, 5) is 0.0243. The fraction of sp³-hybridized carbons (Fsp3) is 0.143. The third kappa shape index (κ3) is 3.43. The van der Waals surface area contributed by atoms with Crippen LogP contribution in [-0.2, 0) is 10.0 Å². The van der Waals surface area contributed by atoms with Gasteiger partial charge in [-0.3, -0.25) is 4.72 Å². The van der Waals surface area contributed by atoms with Gasteiger partial charge in [0.05, 0.1) is 17.7 Å². The van der Waals surface area contributed by atoms with Crippen molar-refractivity contribution in [2.24, 2.45) is 0 Å². The quantitative estimate of drug-likeness (QED) is 0.850. The first-order valence-corrected chi connectivity index (χ1v) is 7.53. The lowest BCUT2D eigenvalue weighted by molar-refractivity contribution is 0.386. The maximum absolute atomic E-state index is 13.6. The maximum atomic E-state index is 13.6. The lowest BCUT2D eigenvalue weighted by atomic mass is 10.2. The van der Waals surface area contributed by atoms with Gasteiger partial charge in [0.25, 0.3) is 10.0 Å². The summed E-state index contributed by atoms with van der Waals surface area (Å²) in [6, 6.07) is 8.30. The van der Waals surface area contributed by atoms with Gasteiger partial charge in [0.1, 0.15) is 0 Å². The Bertz CT molecular complexity index is 756. The van der Waals surface area contributed by atoms with Crippen LogP contribution in [0.4, 0.5) is 15.8 Å². The fourth-order valence-corrected chi connectivity index (χ4v) is 3.06. The van der Waals surface area contributed by atoms with Gasteiger partial charge in [-0.2, -0.15) is 0 Å². The molecule has 7 heteroatoms. The van der Waals surface area contributed by atoms with Gasteiger partial charge in [-0.15, -0.1) is 0 Å². The smallest absolute Gasteiger partial charge is 0.261 e. The Kier molecular flexibility index (Phi) is 4.04. The third-order valence-electron chi connectivity index (χ3n) is 2.79. The van der Waals surface area contributed by atoms with Crippen LogP contribution in [0, 0.1) is 12.7 Å². The molecule has 0 radical (unpaired) electrons. The summed E-state index contributed by atoms with van der Waals surface area (Å²) in [6.45, 7) is 1.74. The summed E-state index contributed by atoms with van der Waals surface area (Å²) < 4.78 is 45.2. The number of anilines is 2. The fourth-order valence-electron chi connectivity index (χ4n) is 1.88. The van der Waals surface area contributed by atoms with Crippen molar-refractivity contribution in [2.45, 2.75) is 11.8 Å². The Balaban J connectivity index is 2.35. The van der Waals surface area contributed by atoms with Crippen LogP contribution < -0.4 is 15.2 Å². The molecule has 2 aromatic rings. The van der Waals surface area contributed by atoms with Crippen LogP contribution in [0.2, 0.25) is 0 Å². The van der Waals surface area contributed by atoms with Crippen molar-refractivity contribution in [1.29, 1.82) is 0 Å². The molecule has 3 N–H and O–H groups in total. The second kappa shape index (κ2) is 5.61. The number of aryl methyl sites for hydroxylation is 1. The van der Waals surface area contributed by atoms with E-state index in [1.165, 1.54) is 31.4 Å². The topological polar surface area (TPSA) is 81.4 Å². The zero-order chi connectivity index (χ0) is 15.6. The number of benzene rings is 2. The highest BCUT2D eigenvalue weighted by atomic mass is 32.2. The number of rotatable bonds is 4. The molecule has 2 rings (SSSR count). The Labute approximate surface area is 122 Å². The zero-order valence-electron chi connectivity index (χ0n) is 11.6. The highest BCUT2D eigenvalue weighted by Gasteiger charge is 2.16. The van der Waals surface area contributed by atoms with E-state index in [1.54, 1.807) is 13.0 Å². The molecule has 5 nitrogen and oxygen atoms in total. The molecule has 0 heterocycles. The predicted molar refractivity (Wildman–Crippen MR) is 79.4 cm³/mol. The van der Waals surface area contributed by atoms with Gasteiger partial charge in [-0.05, 0) is 42.8 Å². The second-order valence-electron chi connectivity index (χ2n) is 4.53. The number of sulfonamides is 1. The molecular formula is C14H15FN2O3S. The Hall–Kier alpha value is -2.28. The van der Waals surface area contributed by atoms with Gasteiger partial charge in [0.15, 0.2) is 11.6 Å². The predicted octanol–water partition coefficient (Wildman–Crippen LogP) is 2.53. The van der Waals surface area contributed by atoms with Crippen molar-refractivity contribution in [3.63, 3.8) is 0 Å². The van der Waals surface area contributed by atoms with Crippen LogP contribution in [-0.4, -0.2) is 15.5 Å². The average molecular weight is 310 g/mol. The molecule has 0 fully saturated rings. The number of nitrogens with two attached hydrogens (primary N) is 1. The molecule has 0 saturated heterocycles. The molecular weight excluding hydrogens is 295 g/mol. The SMILES string of the molecule is COc1ccc(NS(=O)(=O)c2cc(C)cc(N)c2)cc1F. The van der Waals surface area contributed by atoms with Gasteiger partial charge in [0.2, 0.25) is 0 Å². The van der Waals surface area contributed by atoms with Crippen molar-refractivity contribution < 1.29 is 17.5 Å². The van der Waals surface area contributed by atoms with Gasteiger partial charge < -0.3 is 10.5 Å². The van der Waals surface area contributed by atoms with Crippen LogP contribution in [0.15, 0.2) is 41.3 Å². The van der Waals surface area contributed by atoms with Crippen molar-refractivity contribution in [3.8, 4) is 5.75 Å². The van der Waals surface area contributed by atoms with Crippen LogP contribution in [0.3, 0.4) is 0 Å². The summed E-state index contributed by atoms with van der Waals surface area (Å²) in [5.74, 6) is -0.612. The van der Waals surface area contributed by atoms with Crippen molar-refractivity contribution in [1.82, 2.24) is 0 Å². The van der Waals surface area contributed by atoms with E-state index in [0.29, 0.717) is 5.69 Å². The minimum absolute atomic E-state index is 0.0243. The van der Waals surface area contributed by atoms with Gasteiger partial charge >= 0.3 is 0 Å². The number of ether oxygens (including phenoxy) is 1. The number of hydrogen-bond acceptors (Lipinski definition) is 4. The van der Waals surface area contributed by atoms with Crippen LogP contribution in [0.5, 0.6) is 5.75 Å². The van der Waals surface area contributed by atoms with Crippen LogP contribution in [0.1, 0.15) is 5.56 Å². The van der Waals surface area contributed by atoms with E-state index in [9.17, 15) is 12.8 Å². The minimum atomic E-state index is -3.83.